The monoisotopic (exact) mass is 208 g/mol. The summed E-state index contributed by atoms with van der Waals surface area (Å²) in [6.45, 7) is 3.93. The van der Waals surface area contributed by atoms with Crippen molar-refractivity contribution in [3.8, 4) is 0 Å². The molecule has 0 radical (unpaired) electrons. The van der Waals surface area contributed by atoms with E-state index in [1.807, 2.05) is 11.8 Å². The van der Waals surface area contributed by atoms with Crippen LogP contribution in [0.2, 0.25) is 0 Å². The van der Waals surface area contributed by atoms with Crippen molar-refractivity contribution >= 4 is 11.8 Å². The lowest BCUT2D eigenvalue weighted by atomic mass is 10.0. The number of thioether (sulfide) groups is 1. The Labute approximate surface area is 89.9 Å². The molecule has 1 aliphatic rings. The first-order valence-corrected chi connectivity index (χ1v) is 6.20. The van der Waals surface area contributed by atoms with Gasteiger partial charge in [-0.25, -0.2) is 0 Å². The highest BCUT2D eigenvalue weighted by Crippen LogP contribution is 2.39. The van der Waals surface area contributed by atoms with Crippen molar-refractivity contribution in [2.45, 2.75) is 24.2 Å². The Hall–Kier alpha value is -0.470. The molecule has 0 N–H and O–H groups in total. The Balaban J connectivity index is 1.96. The fraction of sp³-hybridized carbons (Fsp3) is 0.500. The van der Waals surface area contributed by atoms with E-state index in [4.69, 9.17) is 4.74 Å². The van der Waals surface area contributed by atoms with Crippen molar-refractivity contribution in [3.05, 3.63) is 29.8 Å². The predicted octanol–water partition coefficient (Wildman–Crippen LogP) is 3.30. The van der Waals surface area contributed by atoms with E-state index in [0.29, 0.717) is 5.92 Å². The Morgan fingerprint density at radius 1 is 1.43 bits per heavy atom. The summed E-state index contributed by atoms with van der Waals surface area (Å²) < 4.78 is 5.61. The molecular weight excluding hydrogens is 192 g/mol. The van der Waals surface area contributed by atoms with Crippen LogP contribution >= 0.6 is 11.8 Å². The maximum Gasteiger partial charge on any atom is 0.0543 e. The lowest BCUT2D eigenvalue weighted by molar-refractivity contribution is 0.125. The maximum absolute atomic E-state index is 5.61. The molecule has 2 heteroatoms. The van der Waals surface area contributed by atoms with Crippen LogP contribution in [0.15, 0.2) is 29.2 Å². The van der Waals surface area contributed by atoms with E-state index in [1.165, 1.54) is 16.2 Å². The van der Waals surface area contributed by atoms with Gasteiger partial charge >= 0.3 is 0 Å². The van der Waals surface area contributed by atoms with Gasteiger partial charge in [0.05, 0.1) is 6.61 Å². The summed E-state index contributed by atoms with van der Waals surface area (Å²) in [4.78, 5) is 1.44. The van der Waals surface area contributed by atoms with Gasteiger partial charge in [0.1, 0.15) is 0 Å². The van der Waals surface area contributed by atoms with E-state index < -0.39 is 0 Å². The molecule has 1 aromatic rings. The molecule has 1 aliphatic heterocycles. The van der Waals surface area contributed by atoms with Crippen molar-refractivity contribution in [3.63, 3.8) is 0 Å². The molecule has 0 fully saturated rings. The van der Waals surface area contributed by atoms with Crippen LogP contribution in [0.1, 0.15) is 24.8 Å². The summed E-state index contributed by atoms with van der Waals surface area (Å²) in [5, 5.41) is 0. The van der Waals surface area contributed by atoms with Gasteiger partial charge in [0.2, 0.25) is 0 Å². The van der Waals surface area contributed by atoms with Gasteiger partial charge < -0.3 is 4.74 Å². The lowest BCUT2D eigenvalue weighted by Gasteiger charge is -2.10. The number of hydrogen-bond donors (Lipinski definition) is 0. The molecule has 14 heavy (non-hydrogen) atoms. The Bertz CT molecular complexity index is 298. The van der Waals surface area contributed by atoms with Crippen LogP contribution < -0.4 is 0 Å². The van der Waals surface area contributed by atoms with E-state index in [9.17, 15) is 0 Å². The zero-order valence-corrected chi connectivity index (χ0v) is 9.35. The van der Waals surface area contributed by atoms with E-state index in [0.717, 1.165) is 19.6 Å². The minimum absolute atomic E-state index is 0.614. The number of ether oxygens (including phenoxy) is 1. The van der Waals surface area contributed by atoms with Gasteiger partial charge in [-0.15, -0.1) is 11.8 Å². The molecule has 1 aromatic carbocycles. The van der Waals surface area contributed by atoms with E-state index in [1.54, 1.807) is 0 Å². The normalized spacial score (nSPS) is 19.6. The summed E-state index contributed by atoms with van der Waals surface area (Å²) in [7, 11) is 0. The third kappa shape index (κ3) is 2.12. The van der Waals surface area contributed by atoms with Crippen LogP contribution in [-0.2, 0) is 4.74 Å². The van der Waals surface area contributed by atoms with Gasteiger partial charge in [0.15, 0.2) is 0 Å². The van der Waals surface area contributed by atoms with Crippen LogP contribution in [0, 0.1) is 0 Å². The van der Waals surface area contributed by atoms with Crippen LogP contribution in [0.3, 0.4) is 0 Å². The van der Waals surface area contributed by atoms with Gasteiger partial charge in [0.25, 0.3) is 0 Å². The van der Waals surface area contributed by atoms with Crippen molar-refractivity contribution in [1.82, 2.24) is 0 Å². The number of rotatable bonds is 4. The summed E-state index contributed by atoms with van der Waals surface area (Å²) in [6, 6.07) is 8.67. The molecular formula is C12H16OS. The van der Waals surface area contributed by atoms with Gasteiger partial charge in [-0.1, -0.05) is 25.1 Å². The minimum atomic E-state index is 0.614. The molecule has 2 rings (SSSR count). The van der Waals surface area contributed by atoms with Gasteiger partial charge in [-0.3, -0.25) is 0 Å². The molecule has 0 saturated carbocycles. The highest BCUT2D eigenvalue weighted by molar-refractivity contribution is 7.99. The standard InChI is InChI=1S/C12H16OS/c1-2-7-13-8-10-9-14-12-6-4-3-5-11(10)12/h3-6,10H,2,7-9H2,1H3. The van der Waals surface area contributed by atoms with E-state index >= 15 is 0 Å². The quantitative estimate of drug-likeness (QED) is 0.702. The first-order valence-electron chi connectivity index (χ1n) is 5.21. The van der Waals surface area contributed by atoms with Crippen LogP contribution in [-0.4, -0.2) is 19.0 Å². The molecule has 0 aromatic heterocycles. The smallest absolute Gasteiger partial charge is 0.0543 e. The third-order valence-electron chi connectivity index (χ3n) is 2.47. The second-order valence-electron chi connectivity index (χ2n) is 3.62. The van der Waals surface area contributed by atoms with Crippen molar-refractivity contribution in [2.24, 2.45) is 0 Å². The molecule has 0 bridgehead atoms. The van der Waals surface area contributed by atoms with Gasteiger partial charge in [0, 0.05) is 23.2 Å². The summed E-state index contributed by atoms with van der Waals surface area (Å²) in [5.74, 6) is 1.80. The lowest BCUT2D eigenvalue weighted by Crippen LogP contribution is -2.07. The summed E-state index contributed by atoms with van der Waals surface area (Å²) >= 11 is 1.95. The summed E-state index contributed by atoms with van der Waals surface area (Å²) in [6.07, 6.45) is 1.11. The molecule has 0 spiro atoms. The fourth-order valence-corrected chi connectivity index (χ4v) is 2.97. The molecule has 1 heterocycles. The second-order valence-corrected chi connectivity index (χ2v) is 4.68. The SMILES string of the molecule is CCCOCC1CSc2ccccc21. The molecule has 0 amide bonds. The van der Waals surface area contributed by atoms with Crippen LogP contribution in [0.5, 0.6) is 0 Å². The average molecular weight is 208 g/mol. The predicted molar refractivity (Wildman–Crippen MR) is 61.0 cm³/mol. The number of benzene rings is 1. The highest BCUT2D eigenvalue weighted by atomic mass is 32.2. The first-order chi connectivity index (χ1) is 6.92. The average Bonchev–Trinajstić information content (AvgIpc) is 2.63. The largest absolute Gasteiger partial charge is 0.381 e. The van der Waals surface area contributed by atoms with Crippen LogP contribution in [0.25, 0.3) is 0 Å². The van der Waals surface area contributed by atoms with Crippen molar-refractivity contribution in [2.75, 3.05) is 19.0 Å². The molecule has 0 saturated heterocycles. The summed E-state index contributed by atoms with van der Waals surface area (Å²) in [5.41, 5.74) is 1.48. The topological polar surface area (TPSA) is 9.23 Å². The Kier molecular flexibility index (Phi) is 3.49. The molecule has 1 unspecified atom stereocenters. The second kappa shape index (κ2) is 4.85. The Morgan fingerprint density at radius 2 is 2.29 bits per heavy atom. The highest BCUT2D eigenvalue weighted by Gasteiger charge is 2.22. The molecule has 0 aliphatic carbocycles. The first kappa shape index (κ1) is 10.1. The third-order valence-corrected chi connectivity index (χ3v) is 3.72. The fourth-order valence-electron chi connectivity index (χ4n) is 1.74. The Morgan fingerprint density at radius 3 is 3.14 bits per heavy atom. The molecule has 76 valence electrons. The van der Waals surface area contributed by atoms with Gasteiger partial charge in [-0.2, -0.15) is 0 Å². The zero-order valence-electron chi connectivity index (χ0n) is 8.53. The minimum Gasteiger partial charge on any atom is -0.381 e. The van der Waals surface area contributed by atoms with Crippen LogP contribution in [0.4, 0.5) is 0 Å². The maximum atomic E-state index is 5.61. The van der Waals surface area contributed by atoms with E-state index in [-0.39, 0.29) is 0 Å². The number of hydrogen-bond acceptors (Lipinski definition) is 2. The zero-order chi connectivity index (χ0) is 9.80. The molecule has 1 nitrogen and oxygen atoms in total. The van der Waals surface area contributed by atoms with Crippen molar-refractivity contribution in [1.29, 1.82) is 0 Å². The van der Waals surface area contributed by atoms with E-state index in [2.05, 4.69) is 31.2 Å². The molecule has 1 atom stereocenters. The number of fused-ring (bicyclic) bond motifs is 1. The van der Waals surface area contributed by atoms with Crippen molar-refractivity contribution < 1.29 is 4.74 Å². The van der Waals surface area contributed by atoms with Gasteiger partial charge in [-0.05, 0) is 18.1 Å².